The number of amides is 2. The molecule has 1 rings (SSSR count). The highest BCUT2D eigenvalue weighted by Gasteiger charge is 2.23. The summed E-state index contributed by atoms with van der Waals surface area (Å²) in [4.78, 5) is 23.4. The molecule has 0 bridgehead atoms. The first-order valence-electron chi connectivity index (χ1n) is 8.94. The molecule has 0 atom stereocenters. The van der Waals surface area contributed by atoms with Crippen LogP contribution in [-0.2, 0) is 19.6 Å². The lowest BCUT2D eigenvalue weighted by Crippen LogP contribution is -2.36. The van der Waals surface area contributed by atoms with E-state index in [1.165, 1.54) is 16.4 Å². The Bertz CT molecular complexity index is 754. The molecule has 0 saturated heterocycles. The van der Waals surface area contributed by atoms with Crippen LogP contribution in [0.1, 0.15) is 27.2 Å². The third kappa shape index (κ3) is 7.27. The minimum Gasteiger partial charge on any atom is -0.383 e. The maximum absolute atomic E-state index is 12.7. The van der Waals surface area contributed by atoms with Gasteiger partial charge in [-0.3, -0.25) is 9.59 Å². The van der Waals surface area contributed by atoms with Crippen LogP contribution in [0.3, 0.4) is 0 Å². The van der Waals surface area contributed by atoms with Crippen LogP contribution < -0.4 is 21.7 Å². The maximum Gasteiger partial charge on any atom is 0.243 e. The van der Waals surface area contributed by atoms with E-state index in [4.69, 9.17) is 5.73 Å². The number of nitrogens with two attached hydrogens (primary N) is 1. The van der Waals surface area contributed by atoms with Crippen LogP contribution in [-0.4, -0.2) is 57.3 Å². The van der Waals surface area contributed by atoms with Crippen LogP contribution >= 0.6 is 12.4 Å². The van der Waals surface area contributed by atoms with Gasteiger partial charge in [-0.25, -0.2) is 8.42 Å². The lowest BCUT2D eigenvalue weighted by atomic mass is 10.2. The third-order valence-corrected chi connectivity index (χ3v) is 5.85. The molecule has 0 heterocycles. The Balaban J connectivity index is 0.00000729. The predicted octanol–water partition coefficient (Wildman–Crippen LogP) is 0.974. The molecule has 9 nitrogen and oxygen atoms in total. The summed E-state index contributed by atoms with van der Waals surface area (Å²) in [7, 11) is -3.66. The number of nitrogens with zero attached hydrogens (tertiary/aromatic N) is 1. The van der Waals surface area contributed by atoms with Crippen LogP contribution in [0.25, 0.3) is 0 Å². The fraction of sp³-hybridized carbons (Fsp3) is 0.529. The molecule has 0 saturated carbocycles. The minimum absolute atomic E-state index is 0. The standard InChI is InChI=1S/C17H29N5O4S.ClH/c1-4-9-19-14-8-7-13(27(25,26)22(5-2)6-3)10-15(14)21-17(24)12-20-16(23)11-18;/h7-8,10,19H,4-6,9,11-12,18H2,1-3H3,(H,20,23)(H,21,24);1H. The van der Waals surface area contributed by atoms with E-state index in [0.29, 0.717) is 31.0 Å². The monoisotopic (exact) mass is 435 g/mol. The number of hydrogen-bond donors (Lipinski definition) is 4. The van der Waals surface area contributed by atoms with E-state index < -0.39 is 21.8 Å². The summed E-state index contributed by atoms with van der Waals surface area (Å²) in [5, 5.41) is 8.17. The topological polar surface area (TPSA) is 134 Å². The molecule has 2 amide bonds. The van der Waals surface area contributed by atoms with Gasteiger partial charge in [0.05, 0.1) is 29.4 Å². The summed E-state index contributed by atoms with van der Waals surface area (Å²) >= 11 is 0. The molecule has 0 aromatic heterocycles. The number of anilines is 2. The van der Waals surface area contributed by atoms with Crippen LogP contribution in [0, 0.1) is 0 Å². The van der Waals surface area contributed by atoms with Crippen LogP contribution in [0.5, 0.6) is 0 Å². The molecule has 0 aliphatic carbocycles. The van der Waals surface area contributed by atoms with Crippen molar-refractivity contribution in [2.45, 2.75) is 32.1 Å². The fourth-order valence-electron chi connectivity index (χ4n) is 2.36. The summed E-state index contributed by atoms with van der Waals surface area (Å²) in [6.07, 6.45) is 0.861. The molecule has 0 fully saturated rings. The average molecular weight is 436 g/mol. The average Bonchev–Trinajstić information content (AvgIpc) is 2.65. The minimum atomic E-state index is -3.66. The van der Waals surface area contributed by atoms with Gasteiger partial charge in [0.1, 0.15) is 0 Å². The Morgan fingerprint density at radius 2 is 1.71 bits per heavy atom. The van der Waals surface area contributed by atoms with Crippen molar-refractivity contribution in [3.63, 3.8) is 0 Å². The van der Waals surface area contributed by atoms with Crippen LogP contribution in [0.15, 0.2) is 23.1 Å². The van der Waals surface area contributed by atoms with Gasteiger partial charge in [-0.15, -0.1) is 12.4 Å². The van der Waals surface area contributed by atoms with E-state index in [0.717, 1.165) is 6.42 Å². The maximum atomic E-state index is 12.7. The number of rotatable bonds is 11. The predicted molar refractivity (Wildman–Crippen MR) is 113 cm³/mol. The third-order valence-electron chi connectivity index (χ3n) is 3.81. The quantitative estimate of drug-likeness (QED) is 0.409. The first-order chi connectivity index (χ1) is 12.8. The second-order valence-corrected chi connectivity index (χ2v) is 7.69. The number of carbonyl (C=O) groups is 2. The second kappa shape index (κ2) is 12.6. The largest absolute Gasteiger partial charge is 0.383 e. The van der Waals surface area contributed by atoms with Crippen molar-refractivity contribution >= 4 is 45.6 Å². The molecule has 160 valence electrons. The van der Waals surface area contributed by atoms with E-state index in [-0.39, 0.29) is 30.4 Å². The molecule has 11 heteroatoms. The summed E-state index contributed by atoms with van der Waals surface area (Å²) in [5.41, 5.74) is 6.13. The van der Waals surface area contributed by atoms with Gasteiger partial charge in [-0.2, -0.15) is 4.31 Å². The molecule has 0 spiro atoms. The van der Waals surface area contributed by atoms with Crippen LogP contribution in [0.4, 0.5) is 11.4 Å². The number of halogens is 1. The highest BCUT2D eigenvalue weighted by atomic mass is 35.5. The Hall–Kier alpha value is -1.88. The lowest BCUT2D eigenvalue weighted by molar-refractivity contribution is -0.123. The number of nitrogens with one attached hydrogen (secondary N) is 3. The highest BCUT2D eigenvalue weighted by molar-refractivity contribution is 7.89. The second-order valence-electron chi connectivity index (χ2n) is 5.75. The first-order valence-corrected chi connectivity index (χ1v) is 10.4. The van der Waals surface area contributed by atoms with Crippen molar-refractivity contribution in [2.24, 2.45) is 5.73 Å². The van der Waals surface area contributed by atoms with Gasteiger partial charge in [0.15, 0.2) is 0 Å². The molecule has 0 aliphatic rings. The van der Waals surface area contributed by atoms with Gasteiger partial charge in [0.2, 0.25) is 21.8 Å². The van der Waals surface area contributed by atoms with E-state index in [2.05, 4.69) is 16.0 Å². The Morgan fingerprint density at radius 1 is 1.07 bits per heavy atom. The van der Waals surface area contributed by atoms with Crippen molar-refractivity contribution in [1.29, 1.82) is 0 Å². The normalized spacial score (nSPS) is 10.9. The Kier molecular flexibility index (Phi) is 11.7. The zero-order valence-corrected chi connectivity index (χ0v) is 18.1. The lowest BCUT2D eigenvalue weighted by Gasteiger charge is -2.20. The summed E-state index contributed by atoms with van der Waals surface area (Å²) in [5.74, 6) is -0.930. The van der Waals surface area contributed by atoms with Crippen molar-refractivity contribution in [1.82, 2.24) is 9.62 Å². The zero-order chi connectivity index (χ0) is 20.4. The van der Waals surface area contributed by atoms with E-state index >= 15 is 0 Å². The number of carbonyl (C=O) groups excluding carboxylic acids is 2. The van der Waals surface area contributed by atoms with Crippen LogP contribution in [0.2, 0.25) is 0 Å². The van der Waals surface area contributed by atoms with E-state index in [9.17, 15) is 18.0 Å². The molecule has 1 aromatic rings. The summed E-state index contributed by atoms with van der Waals surface area (Å²) in [6.45, 7) is 6.41. The van der Waals surface area contributed by atoms with Gasteiger partial charge in [0, 0.05) is 19.6 Å². The van der Waals surface area contributed by atoms with Crippen molar-refractivity contribution in [3.8, 4) is 0 Å². The van der Waals surface area contributed by atoms with E-state index in [1.54, 1.807) is 19.9 Å². The molecular formula is C17H30ClN5O4S. The molecule has 5 N–H and O–H groups in total. The smallest absolute Gasteiger partial charge is 0.243 e. The van der Waals surface area contributed by atoms with Gasteiger partial charge in [-0.1, -0.05) is 20.8 Å². The highest BCUT2D eigenvalue weighted by Crippen LogP contribution is 2.27. The molecule has 0 unspecified atom stereocenters. The van der Waals surface area contributed by atoms with Gasteiger partial charge < -0.3 is 21.7 Å². The molecule has 28 heavy (non-hydrogen) atoms. The van der Waals surface area contributed by atoms with Crippen molar-refractivity contribution in [2.75, 3.05) is 43.4 Å². The molecular weight excluding hydrogens is 406 g/mol. The Morgan fingerprint density at radius 3 is 2.25 bits per heavy atom. The van der Waals surface area contributed by atoms with Gasteiger partial charge >= 0.3 is 0 Å². The summed E-state index contributed by atoms with van der Waals surface area (Å²) in [6, 6.07) is 4.56. The molecule has 0 aliphatic heterocycles. The first kappa shape index (κ1) is 26.1. The number of benzene rings is 1. The SMILES string of the molecule is CCCNc1ccc(S(=O)(=O)N(CC)CC)cc1NC(=O)CNC(=O)CN.Cl. The van der Waals surface area contributed by atoms with Crippen molar-refractivity contribution in [3.05, 3.63) is 18.2 Å². The molecule has 1 aromatic carbocycles. The Labute approximate surface area is 172 Å². The number of sulfonamides is 1. The number of hydrogen-bond acceptors (Lipinski definition) is 6. The molecule has 0 radical (unpaired) electrons. The van der Waals surface area contributed by atoms with Crippen molar-refractivity contribution < 1.29 is 18.0 Å². The van der Waals surface area contributed by atoms with Gasteiger partial charge in [0.25, 0.3) is 0 Å². The zero-order valence-electron chi connectivity index (χ0n) is 16.4. The van der Waals surface area contributed by atoms with Gasteiger partial charge in [-0.05, 0) is 24.6 Å². The fourth-order valence-corrected chi connectivity index (χ4v) is 3.84. The van der Waals surface area contributed by atoms with E-state index in [1.807, 2.05) is 6.92 Å². The summed E-state index contributed by atoms with van der Waals surface area (Å²) < 4.78 is 26.8.